The molecular weight excluding hydrogens is 414 g/mol. The molecule has 0 unspecified atom stereocenters. The summed E-state index contributed by atoms with van der Waals surface area (Å²) in [4.78, 5) is 28.8. The van der Waals surface area contributed by atoms with Gasteiger partial charge in [-0.1, -0.05) is 55.8 Å². The zero-order chi connectivity index (χ0) is 21.2. The third-order valence-corrected chi connectivity index (χ3v) is 5.24. The molecule has 0 saturated carbocycles. The molecular formula is C24H32ClN3O3. The van der Waals surface area contributed by atoms with Crippen molar-refractivity contribution < 1.29 is 14.3 Å². The Balaban J connectivity index is 0.00000341. The van der Waals surface area contributed by atoms with Crippen LogP contribution in [0.1, 0.15) is 30.9 Å². The Morgan fingerprint density at radius 3 is 2.39 bits per heavy atom. The molecule has 0 radical (unpaired) electrons. The average Bonchev–Trinajstić information content (AvgIpc) is 2.75. The van der Waals surface area contributed by atoms with Crippen LogP contribution in [0.25, 0.3) is 0 Å². The predicted octanol–water partition coefficient (Wildman–Crippen LogP) is 3.88. The first-order valence-electron chi connectivity index (χ1n) is 10.7. The van der Waals surface area contributed by atoms with E-state index in [2.05, 4.69) is 41.4 Å². The molecule has 1 saturated heterocycles. The molecule has 7 heteroatoms. The second-order valence-electron chi connectivity index (χ2n) is 7.64. The predicted molar refractivity (Wildman–Crippen MR) is 125 cm³/mol. The molecule has 1 fully saturated rings. The van der Waals surface area contributed by atoms with E-state index >= 15 is 0 Å². The van der Waals surface area contributed by atoms with Gasteiger partial charge in [-0.3, -0.25) is 9.69 Å². The number of rotatable bonds is 8. The molecule has 168 valence electrons. The lowest BCUT2D eigenvalue weighted by atomic mass is 10.1. The number of nitrogens with zero attached hydrogens (tertiary/aromatic N) is 2. The largest absolute Gasteiger partial charge is 0.412 e. The number of benzene rings is 2. The van der Waals surface area contributed by atoms with Crippen molar-refractivity contribution in [2.75, 3.05) is 32.7 Å². The van der Waals surface area contributed by atoms with E-state index in [1.165, 1.54) is 5.56 Å². The molecule has 2 aromatic rings. The van der Waals surface area contributed by atoms with Crippen LogP contribution >= 0.6 is 12.4 Å². The van der Waals surface area contributed by atoms with Crippen molar-refractivity contribution in [2.24, 2.45) is 0 Å². The maximum atomic E-state index is 12.7. The van der Waals surface area contributed by atoms with Crippen molar-refractivity contribution >= 4 is 24.4 Å². The van der Waals surface area contributed by atoms with Crippen molar-refractivity contribution in [2.45, 2.75) is 32.7 Å². The molecule has 1 aliphatic heterocycles. The highest BCUT2D eigenvalue weighted by Crippen LogP contribution is 2.16. The van der Waals surface area contributed by atoms with Gasteiger partial charge in [0.2, 0.25) is 5.91 Å². The van der Waals surface area contributed by atoms with Gasteiger partial charge in [0.15, 0.2) is 0 Å². The fourth-order valence-corrected chi connectivity index (χ4v) is 3.51. The second kappa shape index (κ2) is 13.0. The van der Waals surface area contributed by atoms with Crippen molar-refractivity contribution in [3.05, 3.63) is 65.7 Å². The summed E-state index contributed by atoms with van der Waals surface area (Å²) in [6.07, 6.45) is 1.79. The van der Waals surface area contributed by atoms with Gasteiger partial charge in [0.05, 0.1) is 6.42 Å². The first kappa shape index (κ1) is 24.7. The van der Waals surface area contributed by atoms with Gasteiger partial charge in [-0.15, -0.1) is 12.4 Å². The smallest absolute Gasteiger partial charge is 0.410 e. The maximum absolute atomic E-state index is 12.7. The van der Waals surface area contributed by atoms with Gasteiger partial charge < -0.3 is 15.0 Å². The van der Waals surface area contributed by atoms with Gasteiger partial charge in [0.25, 0.3) is 0 Å². The second-order valence-corrected chi connectivity index (χ2v) is 7.64. The first-order valence-corrected chi connectivity index (χ1v) is 10.7. The number of halogens is 1. The first-order chi connectivity index (χ1) is 14.6. The van der Waals surface area contributed by atoms with Gasteiger partial charge in [0, 0.05) is 39.3 Å². The molecule has 1 heterocycles. The highest BCUT2D eigenvalue weighted by atomic mass is 35.5. The lowest BCUT2D eigenvalue weighted by Gasteiger charge is -2.34. The third-order valence-electron chi connectivity index (χ3n) is 5.24. The SMILES string of the molecule is CCCCNC(=O)Oc1cccc(CC(=O)N2CCN(Cc3ccccc3)CC2)c1.Cl. The Morgan fingerprint density at radius 1 is 0.968 bits per heavy atom. The lowest BCUT2D eigenvalue weighted by Crippen LogP contribution is -2.48. The number of carbonyl (C=O) groups excluding carboxylic acids is 2. The fraction of sp³-hybridized carbons (Fsp3) is 0.417. The Morgan fingerprint density at radius 2 is 1.68 bits per heavy atom. The quantitative estimate of drug-likeness (QED) is 0.626. The Kier molecular flexibility index (Phi) is 10.3. The monoisotopic (exact) mass is 445 g/mol. The van der Waals surface area contributed by atoms with Crippen LogP contribution in [-0.4, -0.2) is 54.5 Å². The van der Waals surface area contributed by atoms with Crippen LogP contribution in [0.2, 0.25) is 0 Å². The Bertz CT molecular complexity index is 824. The minimum absolute atomic E-state index is 0. The summed E-state index contributed by atoms with van der Waals surface area (Å²) in [7, 11) is 0. The molecule has 1 N–H and O–H groups in total. The van der Waals surface area contributed by atoms with Crippen LogP contribution in [0, 0.1) is 0 Å². The molecule has 1 aliphatic rings. The molecule has 6 nitrogen and oxygen atoms in total. The number of unbranched alkanes of at least 4 members (excludes halogenated alkanes) is 1. The van der Waals surface area contributed by atoms with E-state index in [1.807, 2.05) is 23.1 Å². The van der Waals surface area contributed by atoms with Gasteiger partial charge in [0.1, 0.15) is 5.75 Å². The number of carbonyl (C=O) groups is 2. The van der Waals surface area contributed by atoms with E-state index in [0.29, 0.717) is 18.7 Å². The molecule has 2 aromatic carbocycles. The standard InChI is InChI=1S/C24H31N3O3.ClH/c1-2-3-12-25-24(29)30-22-11-7-10-21(17-22)18-23(28)27-15-13-26(14-16-27)19-20-8-5-4-6-9-20;/h4-11,17H,2-3,12-16,18-19H2,1H3,(H,25,29);1H. The zero-order valence-electron chi connectivity index (χ0n) is 18.1. The van der Waals surface area contributed by atoms with Crippen LogP contribution in [0.3, 0.4) is 0 Å². The summed E-state index contributed by atoms with van der Waals surface area (Å²) in [6, 6.07) is 17.6. The van der Waals surface area contributed by atoms with E-state index in [0.717, 1.165) is 51.1 Å². The van der Waals surface area contributed by atoms with Crippen LogP contribution < -0.4 is 10.1 Å². The van der Waals surface area contributed by atoms with E-state index in [9.17, 15) is 9.59 Å². The minimum Gasteiger partial charge on any atom is -0.410 e. The van der Waals surface area contributed by atoms with E-state index < -0.39 is 6.09 Å². The van der Waals surface area contributed by atoms with E-state index in [-0.39, 0.29) is 18.3 Å². The molecule has 0 spiro atoms. The highest BCUT2D eigenvalue weighted by molar-refractivity contribution is 5.85. The van der Waals surface area contributed by atoms with Crippen molar-refractivity contribution in [3.63, 3.8) is 0 Å². The molecule has 2 amide bonds. The average molecular weight is 446 g/mol. The van der Waals surface area contributed by atoms with Gasteiger partial charge in [-0.25, -0.2) is 4.79 Å². The molecule has 0 bridgehead atoms. The molecule has 0 aromatic heterocycles. The summed E-state index contributed by atoms with van der Waals surface area (Å²) in [6.45, 7) is 6.82. The van der Waals surface area contributed by atoms with Crippen molar-refractivity contribution in [1.29, 1.82) is 0 Å². The van der Waals surface area contributed by atoms with Crippen molar-refractivity contribution in [1.82, 2.24) is 15.1 Å². The zero-order valence-corrected chi connectivity index (χ0v) is 18.9. The van der Waals surface area contributed by atoms with E-state index in [4.69, 9.17) is 4.74 Å². The van der Waals surface area contributed by atoms with Crippen LogP contribution in [0.15, 0.2) is 54.6 Å². The summed E-state index contributed by atoms with van der Waals surface area (Å²) in [5.41, 5.74) is 2.15. The van der Waals surface area contributed by atoms with Gasteiger partial charge >= 0.3 is 6.09 Å². The Hall–Kier alpha value is -2.57. The van der Waals surface area contributed by atoms with Crippen molar-refractivity contribution in [3.8, 4) is 5.75 Å². The Labute approximate surface area is 191 Å². The van der Waals surface area contributed by atoms with Crippen LogP contribution in [-0.2, 0) is 17.8 Å². The lowest BCUT2D eigenvalue weighted by molar-refractivity contribution is -0.132. The normalized spacial score (nSPS) is 13.9. The molecule has 3 rings (SSSR count). The number of hydrogen-bond donors (Lipinski definition) is 1. The number of piperazine rings is 1. The number of amides is 2. The van der Waals surface area contributed by atoms with Crippen LogP contribution in [0.5, 0.6) is 5.75 Å². The third kappa shape index (κ3) is 8.23. The van der Waals surface area contributed by atoms with Gasteiger partial charge in [-0.2, -0.15) is 0 Å². The summed E-state index contributed by atoms with van der Waals surface area (Å²) >= 11 is 0. The fourth-order valence-electron chi connectivity index (χ4n) is 3.51. The number of ether oxygens (including phenoxy) is 1. The molecule has 0 atom stereocenters. The summed E-state index contributed by atoms with van der Waals surface area (Å²) in [5.74, 6) is 0.570. The molecule has 31 heavy (non-hydrogen) atoms. The van der Waals surface area contributed by atoms with Gasteiger partial charge in [-0.05, 0) is 29.7 Å². The highest BCUT2D eigenvalue weighted by Gasteiger charge is 2.21. The number of nitrogens with one attached hydrogen (secondary N) is 1. The molecule has 0 aliphatic carbocycles. The maximum Gasteiger partial charge on any atom is 0.412 e. The minimum atomic E-state index is -0.457. The number of hydrogen-bond acceptors (Lipinski definition) is 4. The summed E-state index contributed by atoms with van der Waals surface area (Å²) in [5, 5.41) is 2.72. The summed E-state index contributed by atoms with van der Waals surface area (Å²) < 4.78 is 5.32. The topological polar surface area (TPSA) is 61.9 Å². The van der Waals surface area contributed by atoms with Crippen LogP contribution in [0.4, 0.5) is 4.79 Å². The van der Waals surface area contributed by atoms with E-state index in [1.54, 1.807) is 12.1 Å².